The number of hydrogen-bond donors (Lipinski definition) is 1. The predicted molar refractivity (Wildman–Crippen MR) is 94.4 cm³/mol. The molecule has 27 heavy (non-hydrogen) atoms. The number of hydrogen-bond acceptors (Lipinski definition) is 6. The zero-order chi connectivity index (χ0) is 19.1. The number of aliphatic hydroxyl groups excluding tert-OH is 1. The molecule has 5 rings (SSSR count). The topological polar surface area (TPSA) is 104 Å². The van der Waals surface area contributed by atoms with Crippen molar-refractivity contribution in [1.82, 2.24) is 4.98 Å². The third-order valence-corrected chi connectivity index (χ3v) is 6.40. The number of rotatable bonds is 1. The van der Waals surface area contributed by atoms with Crippen molar-refractivity contribution in [2.45, 2.75) is 37.6 Å². The molecule has 0 unspecified atom stereocenters. The first-order valence-corrected chi connectivity index (χ1v) is 8.86. The molecule has 1 aromatic carbocycles. The summed E-state index contributed by atoms with van der Waals surface area (Å²) >= 11 is 0. The molecule has 1 N–H and O–H groups in total. The minimum absolute atomic E-state index is 0.321. The van der Waals surface area contributed by atoms with Crippen LogP contribution in [0.5, 0.6) is 0 Å². The van der Waals surface area contributed by atoms with Crippen molar-refractivity contribution >= 4 is 28.4 Å². The van der Waals surface area contributed by atoms with Gasteiger partial charge in [-0.2, -0.15) is 5.26 Å². The number of nitrogens with zero attached hydrogens (tertiary/aromatic N) is 3. The predicted octanol–water partition coefficient (Wildman–Crippen LogP) is 1.52. The molecular weight excluding hydrogens is 346 g/mol. The first kappa shape index (κ1) is 16.4. The standard InChI is InChI=1S/C20H17N3O4/c1-19-8-13(24)20(2,27-19)15-14(19)17(25)23(18(15)26)12-6-5-10(9-21)16-11(12)4-3-7-22-16/h3-7,13-15,24H,8H2,1-2H3/t13-,14+,15-,19-,20-/m1/s1. The van der Waals surface area contributed by atoms with Crippen LogP contribution in [0.2, 0.25) is 0 Å². The van der Waals surface area contributed by atoms with Crippen LogP contribution in [0.15, 0.2) is 30.5 Å². The highest BCUT2D eigenvalue weighted by atomic mass is 16.6. The number of ether oxygens (including phenoxy) is 1. The largest absolute Gasteiger partial charge is 0.390 e. The van der Waals surface area contributed by atoms with Gasteiger partial charge in [-0.05, 0) is 38.1 Å². The number of anilines is 1. The highest BCUT2D eigenvalue weighted by molar-refractivity contribution is 6.26. The summed E-state index contributed by atoms with van der Waals surface area (Å²) in [6.07, 6.45) is 1.11. The monoisotopic (exact) mass is 363 g/mol. The molecule has 0 radical (unpaired) electrons. The maximum Gasteiger partial charge on any atom is 0.240 e. The van der Waals surface area contributed by atoms with Gasteiger partial charge in [0.1, 0.15) is 11.7 Å². The van der Waals surface area contributed by atoms with Crippen LogP contribution in [-0.2, 0) is 14.3 Å². The highest BCUT2D eigenvalue weighted by Crippen LogP contribution is 2.61. The van der Waals surface area contributed by atoms with Crippen LogP contribution in [0.1, 0.15) is 25.8 Å². The number of pyridine rings is 1. The molecule has 136 valence electrons. The van der Waals surface area contributed by atoms with Gasteiger partial charge in [0.15, 0.2) is 0 Å². The van der Waals surface area contributed by atoms with Crippen molar-refractivity contribution in [2.24, 2.45) is 11.8 Å². The average Bonchev–Trinajstić information content (AvgIpc) is 3.15. The Morgan fingerprint density at radius 1 is 1.26 bits per heavy atom. The van der Waals surface area contributed by atoms with Crippen molar-refractivity contribution < 1.29 is 19.4 Å². The fourth-order valence-corrected chi connectivity index (χ4v) is 5.20. The molecule has 7 heteroatoms. The second-order valence-electron chi connectivity index (χ2n) is 7.93. The van der Waals surface area contributed by atoms with Crippen molar-refractivity contribution in [2.75, 3.05) is 4.90 Å². The van der Waals surface area contributed by atoms with Crippen LogP contribution in [0.3, 0.4) is 0 Å². The van der Waals surface area contributed by atoms with E-state index in [1.165, 1.54) is 4.90 Å². The summed E-state index contributed by atoms with van der Waals surface area (Å²) in [6, 6.07) is 8.73. The van der Waals surface area contributed by atoms with E-state index in [0.29, 0.717) is 28.6 Å². The number of carbonyl (C=O) groups is 2. The van der Waals surface area contributed by atoms with Gasteiger partial charge >= 0.3 is 0 Å². The molecule has 2 amide bonds. The number of nitriles is 1. The minimum Gasteiger partial charge on any atom is -0.390 e. The van der Waals surface area contributed by atoms with E-state index in [1.54, 1.807) is 44.3 Å². The van der Waals surface area contributed by atoms with Crippen molar-refractivity contribution in [3.8, 4) is 6.07 Å². The summed E-state index contributed by atoms with van der Waals surface area (Å²) in [5, 5.41) is 20.3. The van der Waals surface area contributed by atoms with E-state index in [4.69, 9.17) is 4.74 Å². The molecule has 4 heterocycles. The Hall–Kier alpha value is -2.82. The van der Waals surface area contributed by atoms with Gasteiger partial charge in [-0.1, -0.05) is 0 Å². The fourth-order valence-electron chi connectivity index (χ4n) is 5.20. The van der Waals surface area contributed by atoms with Gasteiger partial charge in [-0.3, -0.25) is 14.6 Å². The number of benzene rings is 1. The van der Waals surface area contributed by atoms with Gasteiger partial charge < -0.3 is 9.84 Å². The Morgan fingerprint density at radius 2 is 2.00 bits per heavy atom. The second kappa shape index (κ2) is 4.91. The molecule has 1 aromatic heterocycles. The molecule has 2 aromatic rings. The number of fused-ring (bicyclic) bond motifs is 6. The molecule has 3 aliphatic rings. The second-order valence-corrected chi connectivity index (χ2v) is 7.93. The van der Waals surface area contributed by atoms with Crippen LogP contribution in [0.25, 0.3) is 10.9 Å². The lowest BCUT2D eigenvalue weighted by atomic mass is 9.67. The lowest BCUT2D eigenvalue weighted by Crippen LogP contribution is -2.49. The van der Waals surface area contributed by atoms with Crippen LogP contribution in [0, 0.1) is 23.2 Å². The summed E-state index contributed by atoms with van der Waals surface area (Å²) in [5.74, 6) is -2.04. The highest BCUT2D eigenvalue weighted by Gasteiger charge is 2.75. The normalized spacial score (nSPS) is 37.1. The van der Waals surface area contributed by atoms with E-state index in [2.05, 4.69) is 11.1 Å². The van der Waals surface area contributed by atoms with Crippen LogP contribution >= 0.6 is 0 Å². The number of carbonyl (C=O) groups excluding carboxylic acids is 2. The van der Waals surface area contributed by atoms with Gasteiger partial charge in [0.2, 0.25) is 11.8 Å². The number of amides is 2. The maximum absolute atomic E-state index is 13.3. The Bertz CT molecular complexity index is 1080. The van der Waals surface area contributed by atoms with E-state index in [0.717, 1.165) is 0 Å². The van der Waals surface area contributed by atoms with Crippen LogP contribution in [0.4, 0.5) is 5.69 Å². The number of aliphatic hydroxyl groups is 1. The van der Waals surface area contributed by atoms with E-state index < -0.39 is 29.1 Å². The molecule has 0 aliphatic carbocycles. The third-order valence-electron chi connectivity index (χ3n) is 6.40. The van der Waals surface area contributed by atoms with Crippen LogP contribution < -0.4 is 4.90 Å². The van der Waals surface area contributed by atoms with Gasteiger partial charge in [-0.15, -0.1) is 0 Å². The lowest BCUT2D eigenvalue weighted by molar-refractivity contribution is -0.132. The molecule has 3 saturated heterocycles. The smallest absolute Gasteiger partial charge is 0.240 e. The van der Waals surface area contributed by atoms with Gasteiger partial charge in [-0.25, -0.2) is 4.90 Å². The Labute approximate surface area is 155 Å². The molecule has 3 aliphatic heterocycles. The van der Waals surface area contributed by atoms with E-state index in [1.807, 2.05) is 0 Å². The minimum atomic E-state index is -1.07. The van der Waals surface area contributed by atoms with Gasteiger partial charge in [0, 0.05) is 18.0 Å². The van der Waals surface area contributed by atoms with E-state index >= 15 is 0 Å². The summed E-state index contributed by atoms with van der Waals surface area (Å²) in [6.45, 7) is 3.50. The first-order valence-electron chi connectivity index (χ1n) is 8.86. The summed E-state index contributed by atoms with van der Waals surface area (Å²) in [7, 11) is 0. The average molecular weight is 363 g/mol. The Balaban J connectivity index is 1.69. The van der Waals surface area contributed by atoms with Crippen molar-refractivity contribution in [3.05, 3.63) is 36.0 Å². The molecule has 7 nitrogen and oxygen atoms in total. The third kappa shape index (κ3) is 1.79. The fraction of sp³-hybridized carbons (Fsp3) is 0.400. The Kier molecular flexibility index (Phi) is 2.98. The summed E-state index contributed by atoms with van der Waals surface area (Å²) < 4.78 is 6.00. The maximum atomic E-state index is 13.3. The quantitative estimate of drug-likeness (QED) is 0.771. The van der Waals surface area contributed by atoms with E-state index in [-0.39, 0.29) is 11.8 Å². The van der Waals surface area contributed by atoms with Crippen molar-refractivity contribution in [3.63, 3.8) is 0 Å². The van der Waals surface area contributed by atoms with Gasteiger partial charge in [0.05, 0.1) is 40.3 Å². The molecule has 2 bridgehead atoms. The Morgan fingerprint density at radius 3 is 2.74 bits per heavy atom. The number of aromatic nitrogens is 1. The summed E-state index contributed by atoms with van der Waals surface area (Å²) in [4.78, 5) is 32.0. The molecule has 3 fully saturated rings. The number of imide groups is 1. The zero-order valence-electron chi connectivity index (χ0n) is 14.8. The summed E-state index contributed by atoms with van der Waals surface area (Å²) in [5.41, 5.74) is -0.677. The molecule has 0 saturated carbocycles. The first-order chi connectivity index (χ1) is 12.8. The van der Waals surface area contributed by atoms with E-state index in [9.17, 15) is 20.0 Å². The van der Waals surface area contributed by atoms with Crippen molar-refractivity contribution in [1.29, 1.82) is 5.26 Å². The molecular formula is C20H17N3O4. The SMILES string of the molecule is C[C@@]12O[C@](C)(C[C@H]1O)[C@@H]1C(=O)N(c3ccc(C#N)c4ncccc34)C(=O)[C@@H]12. The zero-order valence-corrected chi connectivity index (χ0v) is 14.8. The van der Waals surface area contributed by atoms with Crippen LogP contribution in [-0.4, -0.2) is 39.2 Å². The lowest BCUT2D eigenvalue weighted by Gasteiger charge is -2.31. The molecule has 0 spiro atoms. The van der Waals surface area contributed by atoms with Gasteiger partial charge in [0.25, 0.3) is 0 Å². The molecule has 5 atom stereocenters.